The van der Waals surface area contributed by atoms with Crippen molar-refractivity contribution in [1.29, 1.82) is 10.5 Å². The van der Waals surface area contributed by atoms with E-state index in [1.807, 2.05) is 17.7 Å². The van der Waals surface area contributed by atoms with Crippen LogP contribution in [0, 0.1) is 29.7 Å². The van der Waals surface area contributed by atoms with Crippen LogP contribution in [-0.2, 0) is 6.54 Å². The van der Waals surface area contributed by atoms with Gasteiger partial charge in [-0.05, 0) is 37.6 Å². The minimum Gasteiger partial charge on any atom is -0.355 e. The maximum absolute atomic E-state index is 8.78. The van der Waals surface area contributed by atoms with Crippen LogP contribution in [0.3, 0.4) is 0 Å². The van der Waals surface area contributed by atoms with E-state index in [2.05, 4.69) is 26.7 Å². The highest BCUT2D eigenvalue weighted by Crippen LogP contribution is 2.08. The van der Waals surface area contributed by atoms with Gasteiger partial charge in [-0.2, -0.15) is 10.5 Å². The molecule has 0 saturated heterocycles. The van der Waals surface area contributed by atoms with Gasteiger partial charge < -0.3 is 15.2 Å². The summed E-state index contributed by atoms with van der Waals surface area (Å²) < 4.78 is 2.02. The van der Waals surface area contributed by atoms with Crippen LogP contribution < -0.4 is 10.6 Å². The van der Waals surface area contributed by atoms with E-state index in [4.69, 9.17) is 10.5 Å². The summed E-state index contributed by atoms with van der Waals surface area (Å²) in [7, 11) is 0. The van der Waals surface area contributed by atoms with Crippen molar-refractivity contribution in [3.05, 3.63) is 48.0 Å². The van der Waals surface area contributed by atoms with E-state index in [1.54, 1.807) is 36.8 Å². The molecule has 0 aliphatic carbocycles. The number of hydrogen-bond donors (Lipinski definition) is 2. The fraction of sp³-hybridized carbons (Fsp3) is 0.250. The lowest BCUT2D eigenvalue weighted by molar-refractivity contribution is 0.630. The van der Waals surface area contributed by atoms with Crippen LogP contribution >= 0.6 is 0 Å². The second-order valence-corrected chi connectivity index (χ2v) is 4.91. The molecule has 0 saturated carbocycles. The molecular weight excluding hydrogens is 290 g/mol. The van der Waals surface area contributed by atoms with Gasteiger partial charge in [-0.1, -0.05) is 0 Å². The average Bonchev–Trinajstić information content (AvgIpc) is 2.98. The molecule has 0 atom stereocenters. The topological polar surface area (TPSA) is 102 Å². The Labute approximate surface area is 134 Å². The zero-order chi connectivity index (χ0) is 16.5. The molecule has 0 radical (unpaired) electrons. The molecule has 0 unspecified atom stereocenters. The first-order valence-corrected chi connectivity index (χ1v) is 7.17. The molecule has 2 aromatic rings. The van der Waals surface area contributed by atoms with Gasteiger partial charge in [-0.25, -0.2) is 4.98 Å². The van der Waals surface area contributed by atoms with Crippen molar-refractivity contribution in [2.75, 3.05) is 11.9 Å². The van der Waals surface area contributed by atoms with Crippen LogP contribution in [-0.4, -0.2) is 22.1 Å². The molecule has 0 fully saturated rings. The summed E-state index contributed by atoms with van der Waals surface area (Å²) in [6.07, 6.45) is 6.42. The van der Waals surface area contributed by atoms with E-state index in [9.17, 15) is 0 Å². The minimum absolute atomic E-state index is 0.388. The van der Waals surface area contributed by atoms with Gasteiger partial charge in [0.15, 0.2) is 0 Å². The van der Waals surface area contributed by atoms with Crippen molar-refractivity contribution in [1.82, 2.24) is 14.9 Å². The van der Waals surface area contributed by atoms with Crippen LogP contribution in [0.4, 0.5) is 5.69 Å². The normalized spacial score (nSPS) is 10.7. The van der Waals surface area contributed by atoms with Crippen molar-refractivity contribution >= 4 is 11.6 Å². The van der Waals surface area contributed by atoms with Gasteiger partial charge in [0, 0.05) is 25.0 Å². The summed E-state index contributed by atoms with van der Waals surface area (Å²) in [4.78, 5) is 7.90. The third kappa shape index (κ3) is 5.18. The Hall–Kier alpha value is -3.32. The number of anilines is 1. The zero-order valence-corrected chi connectivity index (χ0v) is 12.8. The molecule has 1 heterocycles. The third-order valence-corrected chi connectivity index (χ3v) is 3.09. The Kier molecular flexibility index (Phi) is 5.73. The standard InChI is InChI=1S/C16H17N7/c1-13-10-23(12-21-13)8-2-7-19-16(20-11-18)22-15-5-3-14(9-17)4-6-15/h3-6,10,12H,2,7-8H2,1H3,(H2,19,20,22). The van der Waals surface area contributed by atoms with Crippen molar-refractivity contribution in [2.24, 2.45) is 4.99 Å². The van der Waals surface area contributed by atoms with Crippen LogP contribution in [0.25, 0.3) is 0 Å². The van der Waals surface area contributed by atoms with Crippen LogP contribution in [0.2, 0.25) is 0 Å². The van der Waals surface area contributed by atoms with Crippen LogP contribution in [0.1, 0.15) is 17.7 Å². The molecule has 0 aliphatic heterocycles. The van der Waals surface area contributed by atoms with Crippen molar-refractivity contribution < 1.29 is 0 Å². The van der Waals surface area contributed by atoms with Crippen LogP contribution in [0.15, 0.2) is 41.8 Å². The summed E-state index contributed by atoms with van der Waals surface area (Å²) >= 11 is 0. The SMILES string of the molecule is Cc1cn(CCCN/C(=N/C#N)Nc2ccc(C#N)cc2)cn1. The molecule has 1 aromatic heterocycles. The highest BCUT2D eigenvalue weighted by molar-refractivity contribution is 5.94. The van der Waals surface area contributed by atoms with Gasteiger partial charge in [0.2, 0.25) is 12.2 Å². The molecule has 7 heteroatoms. The maximum Gasteiger partial charge on any atom is 0.211 e. The molecule has 0 bridgehead atoms. The van der Waals surface area contributed by atoms with Crippen LogP contribution in [0.5, 0.6) is 0 Å². The second kappa shape index (κ2) is 8.20. The number of benzene rings is 1. The minimum atomic E-state index is 0.388. The number of aromatic nitrogens is 2. The Bertz CT molecular complexity index is 744. The summed E-state index contributed by atoms with van der Waals surface area (Å²) in [5.74, 6) is 0.388. The Morgan fingerprint density at radius 2 is 2.09 bits per heavy atom. The molecule has 2 N–H and O–H groups in total. The quantitative estimate of drug-likeness (QED) is 0.381. The summed E-state index contributed by atoms with van der Waals surface area (Å²) in [5, 5.41) is 23.7. The molecule has 2 rings (SSSR count). The molecule has 0 amide bonds. The highest BCUT2D eigenvalue weighted by Gasteiger charge is 2.01. The summed E-state index contributed by atoms with van der Waals surface area (Å²) in [6.45, 7) is 3.46. The predicted octanol–water partition coefficient (Wildman–Crippen LogP) is 1.99. The molecule has 116 valence electrons. The number of aliphatic imine (C=N–C) groups is 1. The van der Waals surface area contributed by atoms with E-state index >= 15 is 0 Å². The van der Waals surface area contributed by atoms with Gasteiger partial charge in [0.25, 0.3) is 0 Å². The summed E-state index contributed by atoms with van der Waals surface area (Å²) in [5.41, 5.74) is 2.33. The number of rotatable bonds is 5. The molecule has 7 nitrogen and oxygen atoms in total. The molecule has 0 spiro atoms. The van der Waals surface area contributed by atoms with E-state index < -0.39 is 0 Å². The Morgan fingerprint density at radius 1 is 1.30 bits per heavy atom. The van der Waals surface area contributed by atoms with Gasteiger partial charge in [-0.3, -0.25) is 0 Å². The second-order valence-electron chi connectivity index (χ2n) is 4.91. The average molecular weight is 307 g/mol. The maximum atomic E-state index is 8.78. The predicted molar refractivity (Wildman–Crippen MR) is 87.4 cm³/mol. The first-order chi connectivity index (χ1) is 11.2. The Morgan fingerprint density at radius 3 is 2.70 bits per heavy atom. The third-order valence-electron chi connectivity index (χ3n) is 3.09. The number of guanidine groups is 1. The molecule has 0 aliphatic rings. The van der Waals surface area contributed by atoms with E-state index in [1.165, 1.54) is 0 Å². The lowest BCUT2D eigenvalue weighted by Gasteiger charge is -2.11. The monoisotopic (exact) mass is 307 g/mol. The van der Waals surface area contributed by atoms with Crippen molar-refractivity contribution in [3.63, 3.8) is 0 Å². The fourth-order valence-electron chi connectivity index (χ4n) is 1.99. The number of nitrogens with zero attached hydrogens (tertiary/aromatic N) is 5. The first-order valence-electron chi connectivity index (χ1n) is 7.17. The number of imidazole rings is 1. The lowest BCUT2D eigenvalue weighted by atomic mass is 10.2. The number of aryl methyl sites for hydroxylation is 2. The van der Waals surface area contributed by atoms with Crippen molar-refractivity contribution in [2.45, 2.75) is 19.9 Å². The number of nitriles is 2. The lowest BCUT2D eigenvalue weighted by Crippen LogP contribution is -2.31. The highest BCUT2D eigenvalue weighted by atomic mass is 15.2. The first kappa shape index (κ1) is 16.1. The van der Waals surface area contributed by atoms with Crippen molar-refractivity contribution in [3.8, 4) is 12.3 Å². The van der Waals surface area contributed by atoms with E-state index in [-0.39, 0.29) is 0 Å². The summed E-state index contributed by atoms with van der Waals surface area (Å²) in [6, 6.07) is 8.99. The largest absolute Gasteiger partial charge is 0.355 e. The molecule has 1 aromatic carbocycles. The smallest absolute Gasteiger partial charge is 0.211 e. The number of hydrogen-bond acceptors (Lipinski definition) is 4. The van der Waals surface area contributed by atoms with Gasteiger partial charge in [0.05, 0.1) is 23.7 Å². The molecule has 23 heavy (non-hydrogen) atoms. The number of nitrogens with one attached hydrogen (secondary N) is 2. The zero-order valence-electron chi connectivity index (χ0n) is 12.8. The van der Waals surface area contributed by atoms with E-state index in [0.717, 1.165) is 24.3 Å². The fourth-order valence-corrected chi connectivity index (χ4v) is 1.99. The van der Waals surface area contributed by atoms with E-state index in [0.29, 0.717) is 18.1 Å². The molecular formula is C16H17N7. The van der Waals surface area contributed by atoms with Gasteiger partial charge in [0.1, 0.15) is 0 Å². The van der Waals surface area contributed by atoms with Gasteiger partial charge in [-0.15, -0.1) is 4.99 Å². The Balaban J connectivity index is 1.83. The van der Waals surface area contributed by atoms with Gasteiger partial charge >= 0.3 is 0 Å².